The first-order chi connectivity index (χ1) is 11.6. The molecule has 4 rings (SSSR count). The third-order valence-corrected chi connectivity index (χ3v) is 5.69. The van der Waals surface area contributed by atoms with Gasteiger partial charge in [0.25, 0.3) is 5.91 Å². The lowest BCUT2D eigenvalue weighted by molar-refractivity contribution is -0.146. The zero-order valence-corrected chi connectivity index (χ0v) is 14.5. The third kappa shape index (κ3) is 2.65. The van der Waals surface area contributed by atoms with Crippen LogP contribution in [0.2, 0.25) is 0 Å². The number of carbonyl (C=O) groups is 1. The predicted molar refractivity (Wildman–Crippen MR) is 91.3 cm³/mol. The summed E-state index contributed by atoms with van der Waals surface area (Å²) in [6, 6.07) is 8.39. The standard InChI is InChI=1S/C19H26N2O3/c1-13-18(24-17-10-4-3-9-16(17)23-13)19(22)21-12-6-8-15(21)14-7-5-11-20(14)2/h3-4,9-10,13-15,18H,5-8,11-12H2,1-2H3/t13-,14+,15+,18-/m0/s1. The van der Waals surface area contributed by atoms with E-state index in [0.29, 0.717) is 17.8 Å². The van der Waals surface area contributed by atoms with Crippen molar-refractivity contribution in [2.45, 2.75) is 56.9 Å². The Morgan fingerprint density at radius 3 is 2.42 bits per heavy atom. The highest BCUT2D eigenvalue weighted by Gasteiger charge is 2.44. The second-order valence-corrected chi connectivity index (χ2v) is 7.24. The average molecular weight is 330 g/mol. The Morgan fingerprint density at radius 1 is 1.04 bits per heavy atom. The molecule has 0 spiro atoms. The van der Waals surface area contributed by atoms with Crippen molar-refractivity contribution in [2.75, 3.05) is 20.1 Å². The molecule has 0 radical (unpaired) electrons. The number of amides is 1. The SMILES string of the molecule is C[C@@H]1Oc2ccccc2O[C@@H]1C(=O)N1CCC[C@@H]1[C@H]1CCCN1C. The summed E-state index contributed by atoms with van der Waals surface area (Å²) < 4.78 is 12.0. The fourth-order valence-corrected chi connectivity index (χ4v) is 4.44. The topological polar surface area (TPSA) is 42.0 Å². The highest BCUT2D eigenvalue weighted by Crippen LogP contribution is 2.35. The number of para-hydroxylation sites is 2. The van der Waals surface area contributed by atoms with E-state index in [0.717, 1.165) is 31.7 Å². The van der Waals surface area contributed by atoms with Gasteiger partial charge in [0.15, 0.2) is 11.5 Å². The number of fused-ring (bicyclic) bond motifs is 1. The van der Waals surface area contributed by atoms with E-state index in [1.165, 1.54) is 12.8 Å². The molecular formula is C19H26N2O3. The Morgan fingerprint density at radius 2 is 1.71 bits per heavy atom. The molecule has 3 aliphatic heterocycles. The molecule has 1 amide bonds. The van der Waals surface area contributed by atoms with Crippen LogP contribution >= 0.6 is 0 Å². The summed E-state index contributed by atoms with van der Waals surface area (Å²) in [5.41, 5.74) is 0. The lowest BCUT2D eigenvalue weighted by Gasteiger charge is -2.38. The normalized spacial score (nSPS) is 33.0. The molecule has 1 aromatic carbocycles. The fraction of sp³-hybridized carbons (Fsp3) is 0.632. The van der Waals surface area contributed by atoms with E-state index in [4.69, 9.17) is 9.47 Å². The number of hydrogen-bond acceptors (Lipinski definition) is 4. The van der Waals surface area contributed by atoms with E-state index in [1.54, 1.807) is 0 Å². The van der Waals surface area contributed by atoms with Crippen LogP contribution in [0, 0.1) is 0 Å². The van der Waals surface area contributed by atoms with Crippen molar-refractivity contribution in [3.8, 4) is 11.5 Å². The van der Waals surface area contributed by atoms with Crippen LogP contribution in [0.3, 0.4) is 0 Å². The van der Waals surface area contributed by atoms with Crippen molar-refractivity contribution in [2.24, 2.45) is 0 Å². The largest absolute Gasteiger partial charge is 0.482 e. The van der Waals surface area contributed by atoms with E-state index in [9.17, 15) is 4.79 Å². The molecule has 0 aromatic heterocycles. The maximum absolute atomic E-state index is 13.2. The highest BCUT2D eigenvalue weighted by molar-refractivity contribution is 5.83. The molecule has 5 nitrogen and oxygen atoms in total. The summed E-state index contributed by atoms with van der Waals surface area (Å²) in [6.07, 6.45) is 3.78. The summed E-state index contributed by atoms with van der Waals surface area (Å²) in [5, 5.41) is 0. The molecule has 0 unspecified atom stereocenters. The van der Waals surface area contributed by atoms with Gasteiger partial charge in [-0.2, -0.15) is 0 Å². The minimum absolute atomic E-state index is 0.0832. The lowest BCUT2D eigenvalue weighted by Crippen LogP contribution is -2.55. The maximum atomic E-state index is 13.2. The van der Waals surface area contributed by atoms with Gasteiger partial charge in [-0.15, -0.1) is 0 Å². The van der Waals surface area contributed by atoms with Crippen molar-refractivity contribution in [3.05, 3.63) is 24.3 Å². The Hall–Kier alpha value is -1.75. The number of ether oxygens (including phenoxy) is 2. The molecule has 130 valence electrons. The third-order valence-electron chi connectivity index (χ3n) is 5.69. The van der Waals surface area contributed by atoms with Crippen molar-refractivity contribution < 1.29 is 14.3 Å². The van der Waals surface area contributed by atoms with Crippen molar-refractivity contribution in [1.29, 1.82) is 0 Å². The molecule has 5 heteroatoms. The highest BCUT2D eigenvalue weighted by atomic mass is 16.6. The Bertz CT molecular complexity index is 620. The van der Waals surface area contributed by atoms with Crippen LogP contribution in [0.5, 0.6) is 11.5 Å². The zero-order valence-electron chi connectivity index (χ0n) is 14.5. The van der Waals surface area contributed by atoms with Crippen LogP contribution in [0.1, 0.15) is 32.6 Å². The maximum Gasteiger partial charge on any atom is 0.267 e. The van der Waals surface area contributed by atoms with Gasteiger partial charge in [-0.1, -0.05) is 12.1 Å². The van der Waals surface area contributed by atoms with Crippen molar-refractivity contribution in [1.82, 2.24) is 9.80 Å². The van der Waals surface area contributed by atoms with E-state index in [2.05, 4.69) is 16.8 Å². The number of rotatable bonds is 2. The minimum atomic E-state index is -0.549. The van der Waals surface area contributed by atoms with Crippen molar-refractivity contribution >= 4 is 5.91 Å². The summed E-state index contributed by atoms with van der Waals surface area (Å²) in [7, 11) is 2.18. The number of benzene rings is 1. The molecule has 0 saturated carbocycles. The Kier molecular flexibility index (Phi) is 4.12. The lowest BCUT2D eigenvalue weighted by atomic mass is 10.0. The van der Waals surface area contributed by atoms with Gasteiger partial charge in [0.05, 0.1) is 0 Å². The molecule has 3 heterocycles. The molecule has 0 aliphatic carbocycles. The van der Waals surface area contributed by atoms with Crippen LogP contribution in [-0.4, -0.2) is 60.1 Å². The summed E-state index contributed by atoms with van der Waals surface area (Å²) in [6.45, 7) is 3.89. The summed E-state index contributed by atoms with van der Waals surface area (Å²) in [4.78, 5) is 17.7. The van der Waals surface area contributed by atoms with Gasteiger partial charge in [-0.3, -0.25) is 4.79 Å². The smallest absolute Gasteiger partial charge is 0.267 e. The van der Waals surface area contributed by atoms with Gasteiger partial charge in [-0.05, 0) is 58.3 Å². The molecule has 2 fully saturated rings. The first-order valence-corrected chi connectivity index (χ1v) is 9.08. The minimum Gasteiger partial charge on any atom is -0.482 e. The van der Waals surface area contributed by atoms with Crippen LogP contribution in [0.15, 0.2) is 24.3 Å². The van der Waals surface area contributed by atoms with Gasteiger partial charge >= 0.3 is 0 Å². The van der Waals surface area contributed by atoms with Gasteiger partial charge in [0.2, 0.25) is 6.10 Å². The van der Waals surface area contributed by atoms with Gasteiger partial charge in [-0.25, -0.2) is 0 Å². The zero-order chi connectivity index (χ0) is 16.7. The molecule has 0 N–H and O–H groups in total. The van der Waals surface area contributed by atoms with Gasteiger partial charge in [0, 0.05) is 18.6 Å². The number of likely N-dealkylation sites (tertiary alicyclic amines) is 2. The van der Waals surface area contributed by atoms with E-state index >= 15 is 0 Å². The molecule has 1 aromatic rings. The number of carbonyl (C=O) groups excluding carboxylic acids is 1. The van der Waals surface area contributed by atoms with Crippen molar-refractivity contribution in [3.63, 3.8) is 0 Å². The molecule has 24 heavy (non-hydrogen) atoms. The molecular weight excluding hydrogens is 304 g/mol. The Balaban J connectivity index is 1.52. The molecule has 2 saturated heterocycles. The number of likely N-dealkylation sites (N-methyl/N-ethyl adjacent to an activating group) is 1. The monoisotopic (exact) mass is 330 g/mol. The second kappa shape index (κ2) is 6.28. The summed E-state index contributed by atoms with van der Waals surface area (Å²) >= 11 is 0. The average Bonchev–Trinajstić information content (AvgIpc) is 3.21. The van der Waals surface area contributed by atoms with Crippen LogP contribution in [0.25, 0.3) is 0 Å². The molecule has 4 atom stereocenters. The number of nitrogens with zero attached hydrogens (tertiary/aromatic N) is 2. The Labute approximate surface area is 143 Å². The van der Waals surface area contributed by atoms with E-state index < -0.39 is 6.10 Å². The first kappa shape index (κ1) is 15.8. The quantitative estimate of drug-likeness (QED) is 0.834. The second-order valence-electron chi connectivity index (χ2n) is 7.24. The van der Waals surface area contributed by atoms with Crippen LogP contribution in [0.4, 0.5) is 0 Å². The van der Waals surface area contributed by atoms with Crippen LogP contribution < -0.4 is 9.47 Å². The predicted octanol–water partition coefficient (Wildman–Crippen LogP) is 2.30. The summed E-state index contributed by atoms with van der Waals surface area (Å²) in [5.74, 6) is 1.48. The fourth-order valence-electron chi connectivity index (χ4n) is 4.44. The first-order valence-electron chi connectivity index (χ1n) is 9.08. The van der Waals surface area contributed by atoms with Crippen LogP contribution in [-0.2, 0) is 4.79 Å². The number of hydrogen-bond donors (Lipinski definition) is 0. The molecule has 3 aliphatic rings. The van der Waals surface area contributed by atoms with E-state index in [1.807, 2.05) is 31.2 Å². The van der Waals surface area contributed by atoms with Gasteiger partial charge in [0.1, 0.15) is 6.10 Å². The van der Waals surface area contributed by atoms with E-state index in [-0.39, 0.29) is 12.0 Å². The molecule has 0 bridgehead atoms. The van der Waals surface area contributed by atoms with Gasteiger partial charge < -0.3 is 19.3 Å².